The van der Waals surface area contributed by atoms with Crippen molar-refractivity contribution >= 4 is 5.69 Å². The van der Waals surface area contributed by atoms with Crippen molar-refractivity contribution in [2.45, 2.75) is 13.0 Å². The molecule has 0 aliphatic rings. The number of hydrogen-bond acceptors (Lipinski definition) is 6. The summed E-state index contributed by atoms with van der Waals surface area (Å²) in [4.78, 5) is 10.2. The third-order valence-corrected chi connectivity index (χ3v) is 2.24. The molecule has 0 aromatic heterocycles. The number of nitrogens with one attached hydrogen (secondary N) is 1. The second-order valence-electron chi connectivity index (χ2n) is 3.23. The van der Waals surface area contributed by atoms with Gasteiger partial charge in [-0.25, -0.2) is 0 Å². The molecule has 0 saturated carbocycles. The van der Waals surface area contributed by atoms with Crippen LogP contribution in [-0.4, -0.2) is 17.1 Å². The number of ether oxygens (including phenoxy) is 1. The maximum Gasteiger partial charge on any atom is 0.278 e. The number of rotatable bonds is 4. The van der Waals surface area contributed by atoms with Crippen LogP contribution in [0.2, 0.25) is 0 Å². The lowest BCUT2D eigenvalue weighted by Crippen LogP contribution is -2.26. The fraction of sp³-hybridized carbons (Fsp3) is 0.333. The van der Waals surface area contributed by atoms with E-state index in [-0.39, 0.29) is 17.2 Å². The number of aromatic hydroxyl groups is 1. The largest absolute Gasteiger partial charge is 0.504 e. The van der Waals surface area contributed by atoms with Crippen LogP contribution < -0.4 is 16.0 Å². The molecule has 0 spiro atoms. The summed E-state index contributed by atoms with van der Waals surface area (Å²) in [5.74, 6) is 5.12. The Morgan fingerprint density at radius 3 is 2.69 bits per heavy atom. The van der Waals surface area contributed by atoms with Gasteiger partial charge in [-0.3, -0.25) is 21.4 Å². The van der Waals surface area contributed by atoms with E-state index in [4.69, 9.17) is 10.6 Å². The van der Waals surface area contributed by atoms with Gasteiger partial charge in [0.1, 0.15) is 0 Å². The van der Waals surface area contributed by atoms with E-state index in [0.717, 1.165) is 6.07 Å². The Bertz CT molecular complexity index is 408. The first-order valence-corrected chi connectivity index (χ1v) is 4.52. The van der Waals surface area contributed by atoms with Gasteiger partial charge in [-0.2, -0.15) is 0 Å². The zero-order chi connectivity index (χ0) is 12.3. The lowest BCUT2D eigenvalue weighted by atomic mass is 10.1. The molecule has 0 aliphatic carbocycles. The van der Waals surface area contributed by atoms with Gasteiger partial charge < -0.3 is 9.84 Å². The third-order valence-electron chi connectivity index (χ3n) is 2.24. The van der Waals surface area contributed by atoms with E-state index in [1.807, 2.05) is 0 Å². The van der Waals surface area contributed by atoms with E-state index in [2.05, 4.69) is 5.43 Å². The van der Waals surface area contributed by atoms with E-state index >= 15 is 0 Å². The third kappa shape index (κ3) is 2.20. The minimum atomic E-state index is -0.581. The van der Waals surface area contributed by atoms with Crippen LogP contribution in [0.15, 0.2) is 12.1 Å². The van der Waals surface area contributed by atoms with Crippen molar-refractivity contribution in [3.8, 4) is 11.5 Å². The van der Waals surface area contributed by atoms with E-state index in [1.165, 1.54) is 13.2 Å². The van der Waals surface area contributed by atoms with E-state index < -0.39 is 11.0 Å². The van der Waals surface area contributed by atoms with Gasteiger partial charge in [0.25, 0.3) is 5.69 Å². The van der Waals surface area contributed by atoms with Gasteiger partial charge >= 0.3 is 0 Å². The lowest BCUT2D eigenvalue weighted by Gasteiger charge is -2.12. The van der Waals surface area contributed by atoms with Gasteiger partial charge in [0.15, 0.2) is 11.5 Å². The number of phenols is 1. The van der Waals surface area contributed by atoms with Crippen molar-refractivity contribution in [1.82, 2.24) is 5.43 Å². The highest BCUT2D eigenvalue weighted by Gasteiger charge is 2.21. The number of hydrazine groups is 1. The van der Waals surface area contributed by atoms with Crippen LogP contribution in [0.3, 0.4) is 0 Å². The molecule has 1 rings (SSSR count). The number of hydrogen-bond donors (Lipinski definition) is 3. The monoisotopic (exact) mass is 227 g/mol. The van der Waals surface area contributed by atoms with Gasteiger partial charge in [0, 0.05) is 0 Å². The van der Waals surface area contributed by atoms with Crippen LogP contribution in [-0.2, 0) is 0 Å². The average molecular weight is 227 g/mol. The Labute approximate surface area is 91.9 Å². The smallest absolute Gasteiger partial charge is 0.278 e. The zero-order valence-corrected chi connectivity index (χ0v) is 8.93. The topological polar surface area (TPSA) is 111 Å². The molecule has 1 atom stereocenters. The molecule has 1 aromatic carbocycles. The Kier molecular flexibility index (Phi) is 3.64. The van der Waals surface area contributed by atoms with Crippen LogP contribution in [0, 0.1) is 10.1 Å². The molecule has 7 heteroatoms. The molecule has 1 aromatic rings. The number of phenolic OH excluding ortho intramolecular Hbond substituents is 1. The summed E-state index contributed by atoms with van der Waals surface area (Å²) in [5.41, 5.74) is 2.55. The molecule has 0 bridgehead atoms. The van der Waals surface area contributed by atoms with Crippen molar-refractivity contribution in [3.63, 3.8) is 0 Å². The quantitative estimate of drug-likeness (QED) is 0.399. The minimum Gasteiger partial charge on any atom is -0.504 e. The lowest BCUT2D eigenvalue weighted by molar-refractivity contribution is -0.385. The number of nitro groups is 1. The second kappa shape index (κ2) is 4.77. The summed E-state index contributed by atoms with van der Waals surface area (Å²) >= 11 is 0. The minimum absolute atomic E-state index is 0.169. The van der Waals surface area contributed by atoms with Crippen molar-refractivity contribution in [3.05, 3.63) is 27.8 Å². The predicted molar refractivity (Wildman–Crippen MR) is 57.1 cm³/mol. The fourth-order valence-electron chi connectivity index (χ4n) is 1.33. The van der Waals surface area contributed by atoms with Crippen LogP contribution in [0.25, 0.3) is 0 Å². The van der Waals surface area contributed by atoms with Crippen LogP contribution >= 0.6 is 0 Å². The van der Waals surface area contributed by atoms with E-state index in [0.29, 0.717) is 5.56 Å². The van der Waals surface area contributed by atoms with Crippen LogP contribution in [0.4, 0.5) is 5.69 Å². The van der Waals surface area contributed by atoms with Crippen molar-refractivity contribution < 1.29 is 14.8 Å². The van der Waals surface area contributed by atoms with E-state index in [1.54, 1.807) is 6.92 Å². The number of methoxy groups -OCH3 is 1. The summed E-state index contributed by atoms with van der Waals surface area (Å²) < 4.78 is 4.87. The Morgan fingerprint density at radius 2 is 2.25 bits per heavy atom. The second-order valence-corrected chi connectivity index (χ2v) is 3.23. The van der Waals surface area contributed by atoms with Gasteiger partial charge in [0.2, 0.25) is 0 Å². The molecular weight excluding hydrogens is 214 g/mol. The number of nitrogens with two attached hydrogens (primary N) is 1. The number of benzene rings is 1. The standard InChI is InChI=1S/C9H13N3O4/c1-5(11-10)6-3-9(16-2)8(13)4-7(6)12(14)15/h3-5,11,13H,10H2,1-2H3. The van der Waals surface area contributed by atoms with Gasteiger partial charge in [-0.15, -0.1) is 0 Å². The Morgan fingerprint density at radius 1 is 1.62 bits per heavy atom. The molecular formula is C9H13N3O4. The highest BCUT2D eigenvalue weighted by Crippen LogP contribution is 2.36. The van der Waals surface area contributed by atoms with Crippen molar-refractivity contribution in [2.75, 3.05) is 7.11 Å². The summed E-state index contributed by atoms with van der Waals surface area (Å²) in [6.07, 6.45) is 0. The van der Waals surface area contributed by atoms with Crippen LogP contribution in [0.1, 0.15) is 18.5 Å². The number of nitrogens with zero attached hydrogens (tertiary/aromatic N) is 1. The predicted octanol–water partition coefficient (Wildman–Crippen LogP) is 0.833. The maximum atomic E-state index is 10.8. The first-order valence-electron chi connectivity index (χ1n) is 4.52. The molecule has 4 N–H and O–H groups in total. The average Bonchev–Trinajstić information content (AvgIpc) is 2.27. The first kappa shape index (κ1) is 12.2. The summed E-state index contributed by atoms with van der Waals surface area (Å²) in [6, 6.07) is 2.01. The van der Waals surface area contributed by atoms with Gasteiger partial charge in [-0.1, -0.05) is 0 Å². The van der Waals surface area contributed by atoms with Crippen molar-refractivity contribution in [1.29, 1.82) is 0 Å². The summed E-state index contributed by atoms with van der Waals surface area (Å²) in [6.45, 7) is 1.67. The first-order chi connectivity index (χ1) is 7.51. The Balaban J connectivity index is 3.36. The van der Waals surface area contributed by atoms with Crippen molar-refractivity contribution in [2.24, 2.45) is 5.84 Å². The molecule has 0 aliphatic heterocycles. The zero-order valence-electron chi connectivity index (χ0n) is 8.93. The van der Waals surface area contributed by atoms with E-state index in [9.17, 15) is 15.2 Å². The summed E-state index contributed by atoms with van der Waals surface area (Å²) in [7, 11) is 1.37. The highest BCUT2D eigenvalue weighted by atomic mass is 16.6. The highest BCUT2D eigenvalue weighted by molar-refractivity contribution is 5.54. The number of nitro benzene ring substituents is 1. The molecule has 16 heavy (non-hydrogen) atoms. The van der Waals surface area contributed by atoms with Gasteiger partial charge in [0.05, 0.1) is 29.7 Å². The SMILES string of the molecule is COc1cc(C(C)NN)c([N+](=O)[O-])cc1O. The molecule has 0 heterocycles. The molecule has 88 valence electrons. The molecule has 0 fully saturated rings. The molecule has 0 radical (unpaired) electrons. The molecule has 1 unspecified atom stereocenters. The normalized spacial score (nSPS) is 12.2. The molecule has 7 nitrogen and oxygen atoms in total. The van der Waals surface area contributed by atoms with Gasteiger partial charge in [-0.05, 0) is 13.0 Å². The maximum absolute atomic E-state index is 10.8. The fourth-order valence-corrected chi connectivity index (χ4v) is 1.33. The Hall–Kier alpha value is -1.86. The molecule has 0 amide bonds. The molecule has 0 saturated heterocycles. The van der Waals surface area contributed by atoms with Crippen LogP contribution in [0.5, 0.6) is 11.5 Å². The summed E-state index contributed by atoms with van der Waals surface area (Å²) in [5, 5.41) is 20.2.